The average Bonchev–Trinajstić information content (AvgIpc) is 2.16. The van der Waals surface area contributed by atoms with Crippen molar-refractivity contribution in [3.8, 4) is 0 Å². The molecule has 0 radical (unpaired) electrons. The number of carboxylic acid groups (broad SMARTS) is 1. The van der Waals surface area contributed by atoms with Crippen LogP contribution in [0, 0.1) is 5.82 Å². The van der Waals surface area contributed by atoms with Gasteiger partial charge in [-0.25, -0.2) is 9.18 Å². The van der Waals surface area contributed by atoms with E-state index >= 15 is 0 Å². The number of rotatable bonds is 1. The van der Waals surface area contributed by atoms with Crippen LogP contribution in [0.1, 0.15) is 10.4 Å². The Bertz CT molecular complexity index is 549. The van der Waals surface area contributed by atoms with E-state index in [-0.39, 0.29) is 16.6 Å². The SMILES string of the molecule is Nc1cnc2ccc(F)cc2c1C(=O)O. The number of hydrogen-bond acceptors (Lipinski definition) is 3. The van der Waals surface area contributed by atoms with Crippen LogP contribution in [0.15, 0.2) is 24.4 Å². The molecule has 0 aliphatic carbocycles. The van der Waals surface area contributed by atoms with Crippen LogP contribution in [0.2, 0.25) is 0 Å². The van der Waals surface area contributed by atoms with Gasteiger partial charge in [0.1, 0.15) is 5.82 Å². The van der Waals surface area contributed by atoms with Gasteiger partial charge < -0.3 is 10.8 Å². The summed E-state index contributed by atoms with van der Waals surface area (Å²) in [7, 11) is 0. The van der Waals surface area contributed by atoms with E-state index in [0.29, 0.717) is 5.52 Å². The van der Waals surface area contributed by atoms with Gasteiger partial charge in [0.05, 0.1) is 23.0 Å². The summed E-state index contributed by atoms with van der Waals surface area (Å²) in [6.45, 7) is 0. The summed E-state index contributed by atoms with van der Waals surface area (Å²) < 4.78 is 13.0. The largest absolute Gasteiger partial charge is 0.478 e. The van der Waals surface area contributed by atoms with Gasteiger partial charge in [0.25, 0.3) is 0 Å². The fourth-order valence-corrected chi connectivity index (χ4v) is 1.42. The number of benzene rings is 1. The van der Waals surface area contributed by atoms with Crippen molar-refractivity contribution in [3.05, 3.63) is 35.8 Å². The minimum atomic E-state index is -1.19. The van der Waals surface area contributed by atoms with Crippen LogP contribution in [-0.2, 0) is 0 Å². The van der Waals surface area contributed by atoms with Crippen LogP contribution >= 0.6 is 0 Å². The molecule has 0 spiro atoms. The van der Waals surface area contributed by atoms with Crippen molar-refractivity contribution < 1.29 is 14.3 Å². The Labute approximate surface area is 84.2 Å². The maximum Gasteiger partial charge on any atom is 0.338 e. The Morgan fingerprint density at radius 3 is 2.87 bits per heavy atom. The molecule has 76 valence electrons. The summed E-state index contributed by atoms with van der Waals surface area (Å²) in [6, 6.07) is 3.75. The number of halogens is 1. The summed E-state index contributed by atoms with van der Waals surface area (Å²) >= 11 is 0. The van der Waals surface area contributed by atoms with Gasteiger partial charge in [0.2, 0.25) is 0 Å². The molecule has 0 amide bonds. The molecular weight excluding hydrogens is 199 g/mol. The fourth-order valence-electron chi connectivity index (χ4n) is 1.42. The second-order valence-electron chi connectivity index (χ2n) is 3.06. The first kappa shape index (κ1) is 9.39. The Morgan fingerprint density at radius 1 is 1.47 bits per heavy atom. The van der Waals surface area contributed by atoms with Crippen molar-refractivity contribution in [2.45, 2.75) is 0 Å². The number of aromatic carboxylic acids is 1. The third-order valence-corrected chi connectivity index (χ3v) is 2.07. The van der Waals surface area contributed by atoms with Gasteiger partial charge in [-0.2, -0.15) is 0 Å². The molecule has 0 atom stereocenters. The van der Waals surface area contributed by atoms with Crippen molar-refractivity contribution in [2.24, 2.45) is 0 Å². The minimum absolute atomic E-state index is 0.0283. The van der Waals surface area contributed by atoms with E-state index in [2.05, 4.69) is 4.98 Å². The molecule has 0 unspecified atom stereocenters. The first-order valence-corrected chi connectivity index (χ1v) is 4.16. The van der Waals surface area contributed by atoms with E-state index in [1.165, 1.54) is 18.3 Å². The second-order valence-corrected chi connectivity index (χ2v) is 3.06. The van der Waals surface area contributed by atoms with Crippen molar-refractivity contribution in [3.63, 3.8) is 0 Å². The van der Waals surface area contributed by atoms with Crippen molar-refractivity contribution >= 4 is 22.6 Å². The van der Waals surface area contributed by atoms with Gasteiger partial charge in [-0.1, -0.05) is 0 Å². The van der Waals surface area contributed by atoms with Crippen molar-refractivity contribution in [2.75, 3.05) is 5.73 Å². The standard InChI is InChI=1S/C10H7FN2O2/c11-5-1-2-8-6(3-5)9(10(14)15)7(12)4-13-8/h1-4H,12H2,(H,14,15). The maximum atomic E-state index is 13.0. The van der Waals surface area contributed by atoms with Gasteiger partial charge in [-0.05, 0) is 18.2 Å². The minimum Gasteiger partial charge on any atom is -0.478 e. The lowest BCUT2D eigenvalue weighted by Crippen LogP contribution is -2.04. The number of pyridine rings is 1. The lowest BCUT2D eigenvalue weighted by molar-refractivity contribution is 0.0700. The number of aromatic nitrogens is 1. The van der Waals surface area contributed by atoms with Crippen LogP contribution in [-0.4, -0.2) is 16.1 Å². The number of carbonyl (C=O) groups is 1. The predicted molar refractivity (Wildman–Crippen MR) is 53.1 cm³/mol. The molecule has 5 heteroatoms. The number of nitrogens with zero attached hydrogens (tertiary/aromatic N) is 1. The van der Waals surface area contributed by atoms with Crippen molar-refractivity contribution in [1.82, 2.24) is 4.98 Å². The number of anilines is 1. The van der Waals surface area contributed by atoms with Gasteiger partial charge >= 0.3 is 5.97 Å². The fraction of sp³-hybridized carbons (Fsp3) is 0. The molecule has 2 aromatic rings. The Kier molecular flexibility index (Phi) is 2.00. The smallest absolute Gasteiger partial charge is 0.338 e. The molecule has 0 saturated carbocycles. The molecule has 0 saturated heterocycles. The number of nitrogen functional groups attached to an aromatic ring is 1. The summed E-state index contributed by atoms with van der Waals surface area (Å²) in [4.78, 5) is 14.8. The molecule has 1 heterocycles. The highest BCUT2D eigenvalue weighted by atomic mass is 19.1. The van der Waals surface area contributed by atoms with E-state index in [1.54, 1.807) is 0 Å². The zero-order valence-corrected chi connectivity index (χ0v) is 7.57. The van der Waals surface area contributed by atoms with Crippen LogP contribution in [0.5, 0.6) is 0 Å². The van der Waals surface area contributed by atoms with Gasteiger partial charge in [0, 0.05) is 5.39 Å². The molecule has 0 fully saturated rings. The second kappa shape index (κ2) is 3.20. The lowest BCUT2D eigenvalue weighted by Gasteiger charge is -2.04. The zero-order chi connectivity index (χ0) is 11.0. The van der Waals surface area contributed by atoms with Crippen LogP contribution in [0.3, 0.4) is 0 Å². The first-order chi connectivity index (χ1) is 7.09. The third kappa shape index (κ3) is 1.48. The zero-order valence-electron chi connectivity index (χ0n) is 7.57. The molecule has 3 N–H and O–H groups in total. The summed E-state index contributed by atoms with van der Waals surface area (Å²) in [5.41, 5.74) is 5.79. The van der Waals surface area contributed by atoms with Gasteiger partial charge in [0.15, 0.2) is 0 Å². The van der Waals surface area contributed by atoms with Gasteiger partial charge in [-0.15, -0.1) is 0 Å². The molecule has 2 rings (SSSR count). The molecule has 15 heavy (non-hydrogen) atoms. The summed E-state index contributed by atoms with van der Waals surface area (Å²) in [6.07, 6.45) is 1.25. The topological polar surface area (TPSA) is 76.2 Å². The van der Waals surface area contributed by atoms with Gasteiger partial charge in [-0.3, -0.25) is 4.98 Å². The summed E-state index contributed by atoms with van der Waals surface area (Å²) in [5.74, 6) is -1.71. The molecule has 4 nitrogen and oxygen atoms in total. The van der Waals surface area contributed by atoms with E-state index in [4.69, 9.17) is 10.8 Å². The van der Waals surface area contributed by atoms with Crippen LogP contribution < -0.4 is 5.73 Å². The Morgan fingerprint density at radius 2 is 2.20 bits per heavy atom. The van der Waals surface area contributed by atoms with E-state index in [0.717, 1.165) is 6.07 Å². The number of nitrogens with two attached hydrogens (primary N) is 1. The van der Waals surface area contributed by atoms with Crippen molar-refractivity contribution in [1.29, 1.82) is 0 Å². The molecule has 0 aliphatic rings. The summed E-state index contributed by atoms with van der Waals surface area (Å²) in [5, 5.41) is 9.13. The molecule has 1 aromatic heterocycles. The average molecular weight is 206 g/mol. The van der Waals surface area contributed by atoms with Crippen LogP contribution in [0.4, 0.5) is 10.1 Å². The monoisotopic (exact) mass is 206 g/mol. The quantitative estimate of drug-likeness (QED) is 0.743. The van der Waals surface area contributed by atoms with E-state index in [9.17, 15) is 9.18 Å². The Balaban J connectivity index is 2.90. The lowest BCUT2D eigenvalue weighted by atomic mass is 10.1. The highest BCUT2D eigenvalue weighted by molar-refractivity contribution is 6.06. The molecule has 0 bridgehead atoms. The maximum absolute atomic E-state index is 13.0. The predicted octanol–water partition coefficient (Wildman–Crippen LogP) is 1.65. The Hall–Kier alpha value is -2.17. The number of fused-ring (bicyclic) bond motifs is 1. The first-order valence-electron chi connectivity index (χ1n) is 4.16. The number of carboxylic acids is 1. The number of hydrogen-bond donors (Lipinski definition) is 2. The van der Waals surface area contributed by atoms with E-state index < -0.39 is 11.8 Å². The molecule has 1 aromatic carbocycles. The van der Waals surface area contributed by atoms with Crippen LogP contribution in [0.25, 0.3) is 10.9 Å². The molecule has 0 aliphatic heterocycles. The third-order valence-electron chi connectivity index (χ3n) is 2.07. The normalized spacial score (nSPS) is 10.5. The van der Waals surface area contributed by atoms with E-state index in [1.807, 2.05) is 0 Å². The molecular formula is C10H7FN2O2. The highest BCUT2D eigenvalue weighted by Gasteiger charge is 2.13. The highest BCUT2D eigenvalue weighted by Crippen LogP contribution is 2.22.